The van der Waals surface area contributed by atoms with Crippen LogP contribution in [0.15, 0.2) is 23.3 Å². The summed E-state index contributed by atoms with van der Waals surface area (Å²) in [5.41, 5.74) is 1.32. The van der Waals surface area contributed by atoms with Crippen molar-refractivity contribution in [3.63, 3.8) is 0 Å². The van der Waals surface area contributed by atoms with Crippen LogP contribution in [0.3, 0.4) is 0 Å². The van der Waals surface area contributed by atoms with Gasteiger partial charge in [-0.25, -0.2) is 0 Å². The smallest absolute Gasteiger partial charge is 0.255 e. The molecule has 0 saturated heterocycles. The molecule has 5 nitrogen and oxygen atoms in total. The van der Waals surface area contributed by atoms with Gasteiger partial charge in [-0.2, -0.15) is 5.10 Å². The second-order valence-corrected chi connectivity index (χ2v) is 3.66. The Labute approximate surface area is 90.8 Å². The molecule has 0 aromatic carbocycles. The minimum absolute atomic E-state index is 0.163. The number of aromatic nitrogens is 4. The van der Waals surface area contributed by atoms with E-state index in [-0.39, 0.29) is 5.56 Å². The quantitative estimate of drug-likeness (QED) is 0.737. The van der Waals surface area contributed by atoms with Gasteiger partial charge in [0.2, 0.25) is 0 Å². The van der Waals surface area contributed by atoms with Crippen molar-refractivity contribution in [1.82, 2.24) is 19.7 Å². The molecular weight excluding hydrogens is 212 g/mol. The Kier molecular flexibility index (Phi) is 2.51. The van der Waals surface area contributed by atoms with Crippen LogP contribution in [0.5, 0.6) is 0 Å². The molecular formula is C9H10N4OS. The Balaban J connectivity index is 2.32. The fourth-order valence-electron chi connectivity index (χ4n) is 1.32. The van der Waals surface area contributed by atoms with E-state index in [1.807, 2.05) is 19.3 Å². The van der Waals surface area contributed by atoms with E-state index in [9.17, 15) is 4.79 Å². The van der Waals surface area contributed by atoms with Crippen LogP contribution in [0, 0.1) is 4.77 Å². The normalized spacial score (nSPS) is 10.5. The van der Waals surface area contributed by atoms with Crippen LogP contribution >= 0.6 is 12.2 Å². The lowest BCUT2D eigenvalue weighted by Crippen LogP contribution is -2.13. The maximum absolute atomic E-state index is 11.5. The molecule has 0 atom stereocenters. The molecule has 0 aliphatic heterocycles. The number of H-pyrrole nitrogens is 2. The molecule has 2 N–H and O–H groups in total. The zero-order valence-corrected chi connectivity index (χ0v) is 8.97. The largest absolute Gasteiger partial charge is 0.338 e. The van der Waals surface area contributed by atoms with Gasteiger partial charge in [-0.05, 0) is 18.3 Å². The molecule has 0 unspecified atom stereocenters. The zero-order chi connectivity index (χ0) is 10.8. The second-order valence-electron chi connectivity index (χ2n) is 3.25. The van der Waals surface area contributed by atoms with E-state index in [1.54, 1.807) is 10.9 Å². The molecule has 2 rings (SSSR count). The Morgan fingerprint density at radius 1 is 1.60 bits per heavy atom. The van der Waals surface area contributed by atoms with Crippen LogP contribution in [0.1, 0.15) is 11.3 Å². The molecule has 0 radical (unpaired) electrons. The number of hydrogen-bond donors (Lipinski definition) is 2. The molecule has 0 aliphatic carbocycles. The SMILES string of the molecule is Cn1ccc(Cc2c[nH]c(=S)[nH]c2=O)n1. The van der Waals surface area contributed by atoms with Crippen molar-refractivity contribution >= 4 is 12.2 Å². The van der Waals surface area contributed by atoms with E-state index >= 15 is 0 Å². The van der Waals surface area contributed by atoms with Crippen LogP contribution in [-0.4, -0.2) is 19.7 Å². The van der Waals surface area contributed by atoms with Gasteiger partial charge in [-0.1, -0.05) is 0 Å². The van der Waals surface area contributed by atoms with Crippen LogP contribution in [-0.2, 0) is 13.5 Å². The highest BCUT2D eigenvalue weighted by atomic mass is 32.1. The van der Waals surface area contributed by atoms with Gasteiger partial charge in [-0.3, -0.25) is 14.5 Å². The highest BCUT2D eigenvalue weighted by molar-refractivity contribution is 7.71. The molecule has 0 fully saturated rings. The zero-order valence-electron chi connectivity index (χ0n) is 8.15. The molecule has 2 aromatic heterocycles. The van der Waals surface area contributed by atoms with Crippen molar-refractivity contribution < 1.29 is 0 Å². The van der Waals surface area contributed by atoms with Gasteiger partial charge >= 0.3 is 0 Å². The molecule has 6 heteroatoms. The molecule has 2 aromatic rings. The fraction of sp³-hybridized carbons (Fsp3) is 0.222. The third-order valence-corrected chi connectivity index (χ3v) is 2.26. The lowest BCUT2D eigenvalue weighted by Gasteiger charge is -1.96. The van der Waals surface area contributed by atoms with E-state index in [0.29, 0.717) is 16.8 Å². The minimum Gasteiger partial charge on any atom is -0.338 e. The number of aryl methyl sites for hydroxylation is 1. The predicted molar refractivity (Wildman–Crippen MR) is 58.3 cm³/mol. The van der Waals surface area contributed by atoms with Gasteiger partial charge in [0.25, 0.3) is 5.56 Å². The third kappa shape index (κ3) is 2.21. The van der Waals surface area contributed by atoms with Gasteiger partial charge in [0.1, 0.15) is 0 Å². The number of nitrogens with one attached hydrogen (secondary N) is 2. The van der Waals surface area contributed by atoms with Crippen molar-refractivity contribution in [2.24, 2.45) is 7.05 Å². The summed E-state index contributed by atoms with van der Waals surface area (Å²) in [6.45, 7) is 0. The average molecular weight is 222 g/mol. The number of aromatic amines is 2. The van der Waals surface area contributed by atoms with Crippen LogP contribution in [0.2, 0.25) is 0 Å². The highest BCUT2D eigenvalue weighted by Crippen LogP contribution is 2.00. The van der Waals surface area contributed by atoms with Gasteiger partial charge in [0.15, 0.2) is 4.77 Å². The van der Waals surface area contributed by atoms with Crippen molar-refractivity contribution in [2.45, 2.75) is 6.42 Å². The second kappa shape index (κ2) is 3.82. The van der Waals surface area contributed by atoms with Crippen molar-refractivity contribution in [1.29, 1.82) is 0 Å². The molecule has 2 heterocycles. The van der Waals surface area contributed by atoms with E-state index in [2.05, 4.69) is 15.1 Å². The molecule has 15 heavy (non-hydrogen) atoms. The maximum atomic E-state index is 11.5. The van der Waals surface area contributed by atoms with Crippen LogP contribution in [0.25, 0.3) is 0 Å². The van der Waals surface area contributed by atoms with Crippen LogP contribution < -0.4 is 5.56 Å². The van der Waals surface area contributed by atoms with Crippen molar-refractivity contribution in [3.05, 3.63) is 44.8 Å². The summed E-state index contributed by atoms with van der Waals surface area (Å²) in [4.78, 5) is 16.8. The number of nitrogens with zero attached hydrogens (tertiary/aromatic N) is 2. The Morgan fingerprint density at radius 3 is 3.00 bits per heavy atom. The minimum atomic E-state index is -0.163. The first-order chi connectivity index (χ1) is 7.15. The summed E-state index contributed by atoms with van der Waals surface area (Å²) in [5, 5.41) is 4.19. The molecule has 78 valence electrons. The molecule has 0 aliphatic rings. The van der Waals surface area contributed by atoms with E-state index in [0.717, 1.165) is 5.69 Å². The standard InChI is InChI=1S/C9H10N4OS/c1-13-3-2-7(12-13)4-6-5-10-9(15)11-8(6)14/h2-3,5H,4H2,1H3,(H2,10,11,14,15). The number of rotatable bonds is 2. The summed E-state index contributed by atoms with van der Waals surface area (Å²) >= 11 is 4.80. The fourth-order valence-corrected chi connectivity index (χ4v) is 1.47. The molecule has 0 spiro atoms. The third-order valence-electron chi connectivity index (χ3n) is 2.04. The summed E-state index contributed by atoms with van der Waals surface area (Å²) in [6.07, 6.45) is 3.97. The molecule has 0 saturated carbocycles. The van der Waals surface area contributed by atoms with Crippen LogP contribution in [0.4, 0.5) is 0 Å². The van der Waals surface area contributed by atoms with Crippen molar-refractivity contribution in [2.75, 3.05) is 0 Å². The van der Waals surface area contributed by atoms with E-state index in [4.69, 9.17) is 12.2 Å². The topological polar surface area (TPSA) is 66.5 Å². The molecule has 0 amide bonds. The lowest BCUT2D eigenvalue weighted by atomic mass is 10.2. The van der Waals surface area contributed by atoms with Gasteiger partial charge in [0, 0.05) is 31.4 Å². The first-order valence-corrected chi connectivity index (χ1v) is 4.85. The predicted octanol–water partition coefficient (Wildman–Crippen LogP) is 0.757. The van der Waals surface area contributed by atoms with Gasteiger partial charge in [-0.15, -0.1) is 0 Å². The Bertz CT molecular complexity index is 580. The summed E-state index contributed by atoms with van der Waals surface area (Å²) in [6, 6.07) is 1.88. The summed E-state index contributed by atoms with van der Waals surface area (Å²) in [7, 11) is 1.84. The first-order valence-electron chi connectivity index (χ1n) is 4.44. The Morgan fingerprint density at radius 2 is 2.40 bits per heavy atom. The summed E-state index contributed by atoms with van der Waals surface area (Å²) < 4.78 is 2.04. The van der Waals surface area contributed by atoms with E-state index in [1.165, 1.54) is 0 Å². The lowest BCUT2D eigenvalue weighted by molar-refractivity contribution is 0.748. The van der Waals surface area contributed by atoms with Gasteiger partial charge < -0.3 is 4.98 Å². The Hall–Kier alpha value is -1.69. The van der Waals surface area contributed by atoms with Gasteiger partial charge in [0.05, 0.1) is 5.69 Å². The molecule has 0 bridgehead atoms. The summed E-state index contributed by atoms with van der Waals surface area (Å²) in [5.74, 6) is 0. The monoisotopic (exact) mass is 222 g/mol. The highest BCUT2D eigenvalue weighted by Gasteiger charge is 2.03. The average Bonchev–Trinajstić information content (AvgIpc) is 2.56. The maximum Gasteiger partial charge on any atom is 0.255 e. The number of hydrogen-bond acceptors (Lipinski definition) is 3. The van der Waals surface area contributed by atoms with E-state index < -0.39 is 0 Å². The van der Waals surface area contributed by atoms with Crippen molar-refractivity contribution in [3.8, 4) is 0 Å². The first kappa shape index (κ1) is 9.85.